The number of nitro groups is 2. The van der Waals surface area contributed by atoms with E-state index in [0.717, 1.165) is 5.56 Å². The largest absolute Gasteiger partial charge is 0.502 e. The van der Waals surface area contributed by atoms with Crippen molar-refractivity contribution in [3.8, 4) is 5.75 Å². The first-order valence-electron chi connectivity index (χ1n) is 6.56. The SMILES string of the molecule is Cc1cc(N=Cc2ccc(O)c([N+](=O)[O-])c2)cc([N+](=O)[O-])c1C. The Hall–Kier alpha value is -3.29. The molecule has 0 unspecified atom stereocenters. The van der Waals surface area contributed by atoms with Crippen molar-refractivity contribution in [2.45, 2.75) is 13.8 Å². The van der Waals surface area contributed by atoms with Gasteiger partial charge in [0.25, 0.3) is 5.69 Å². The van der Waals surface area contributed by atoms with E-state index in [0.29, 0.717) is 16.8 Å². The van der Waals surface area contributed by atoms with Gasteiger partial charge in [-0.25, -0.2) is 0 Å². The molecule has 23 heavy (non-hydrogen) atoms. The molecule has 0 aromatic heterocycles. The molecule has 1 N–H and O–H groups in total. The first-order valence-corrected chi connectivity index (χ1v) is 6.56. The zero-order valence-corrected chi connectivity index (χ0v) is 12.4. The molecule has 0 spiro atoms. The van der Waals surface area contributed by atoms with Crippen molar-refractivity contribution in [2.75, 3.05) is 0 Å². The van der Waals surface area contributed by atoms with E-state index >= 15 is 0 Å². The number of hydrogen-bond donors (Lipinski definition) is 1. The Balaban J connectivity index is 2.39. The lowest BCUT2D eigenvalue weighted by Crippen LogP contribution is -1.94. The Kier molecular flexibility index (Phi) is 4.35. The van der Waals surface area contributed by atoms with Crippen LogP contribution in [0, 0.1) is 34.1 Å². The number of benzene rings is 2. The minimum absolute atomic E-state index is 0.0335. The Morgan fingerprint density at radius 1 is 1.04 bits per heavy atom. The van der Waals surface area contributed by atoms with Crippen LogP contribution in [0.5, 0.6) is 5.75 Å². The Bertz CT molecular complexity index is 830. The second-order valence-electron chi connectivity index (χ2n) is 4.93. The summed E-state index contributed by atoms with van der Waals surface area (Å²) in [5.74, 6) is -0.436. The van der Waals surface area contributed by atoms with Crippen LogP contribution in [0.2, 0.25) is 0 Å². The number of hydrogen-bond acceptors (Lipinski definition) is 6. The van der Waals surface area contributed by atoms with E-state index < -0.39 is 21.3 Å². The first-order chi connectivity index (χ1) is 10.8. The number of nitro benzene ring substituents is 2. The Morgan fingerprint density at radius 2 is 1.70 bits per heavy atom. The molecule has 0 saturated heterocycles. The molecule has 0 saturated carbocycles. The third kappa shape index (κ3) is 3.49. The van der Waals surface area contributed by atoms with Crippen LogP contribution in [0.1, 0.15) is 16.7 Å². The number of rotatable bonds is 4. The van der Waals surface area contributed by atoms with Crippen molar-refractivity contribution in [1.82, 2.24) is 0 Å². The van der Waals surface area contributed by atoms with Gasteiger partial charge < -0.3 is 5.11 Å². The van der Waals surface area contributed by atoms with E-state index in [4.69, 9.17) is 0 Å². The highest BCUT2D eigenvalue weighted by atomic mass is 16.6. The quantitative estimate of drug-likeness (QED) is 0.525. The van der Waals surface area contributed by atoms with Crippen molar-refractivity contribution < 1.29 is 15.0 Å². The molecule has 2 aromatic rings. The summed E-state index contributed by atoms with van der Waals surface area (Å²) in [5, 5.41) is 31.2. The van der Waals surface area contributed by atoms with Gasteiger partial charge in [-0.15, -0.1) is 0 Å². The fraction of sp³-hybridized carbons (Fsp3) is 0.133. The summed E-state index contributed by atoms with van der Waals surface area (Å²) in [7, 11) is 0. The zero-order valence-electron chi connectivity index (χ0n) is 12.4. The van der Waals surface area contributed by atoms with Crippen LogP contribution in [0.3, 0.4) is 0 Å². The molecule has 0 amide bonds. The topological polar surface area (TPSA) is 119 Å². The zero-order chi connectivity index (χ0) is 17.1. The lowest BCUT2D eigenvalue weighted by molar-refractivity contribution is -0.385. The van der Waals surface area contributed by atoms with Crippen molar-refractivity contribution in [3.05, 3.63) is 67.3 Å². The van der Waals surface area contributed by atoms with E-state index in [9.17, 15) is 25.3 Å². The fourth-order valence-electron chi connectivity index (χ4n) is 2.00. The molecule has 0 aliphatic heterocycles. The number of aliphatic imine (C=N–C) groups is 1. The van der Waals surface area contributed by atoms with Crippen molar-refractivity contribution >= 4 is 23.3 Å². The number of aryl methyl sites for hydroxylation is 1. The maximum atomic E-state index is 11.0. The van der Waals surface area contributed by atoms with Gasteiger partial charge in [0.15, 0.2) is 5.75 Å². The van der Waals surface area contributed by atoms with E-state index in [-0.39, 0.29) is 5.69 Å². The highest BCUT2D eigenvalue weighted by Gasteiger charge is 2.14. The van der Waals surface area contributed by atoms with E-state index in [1.807, 2.05) is 0 Å². The van der Waals surface area contributed by atoms with Crippen LogP contribution < -0.4 is 0 Å². The van der Waals surface area contributed by atoms with Gasteiger partial charge in [0.05, 0.1) is 15.5 Å². The summed E-state index contributed by atoms with van der Waals surface area (Å²) < 4.78 is 0. The Morgan fingerprint density at radius 3 is 2.30 bits per heavy atom. The lowest BCUT2D eigenvalue weighted by atomic mass is 10.1. The molecule has 0 aliphatic carbocycles. The minimum Gasteiger partial charge on any atom is -0.502 e. The standard InChI is InChI=1S/C15H13N3O5/c1-9-5-12(7-13(10(9)2)17(20)21)16-8-11-3-4-15(19)14(6-11)18(22)23/h3-8,19H,1-2H3. The second-order valence-corrected chi connectivity index (χ2v) is 4.93. The van der Waals surface area contributed by atoms with Gasteiger partial charge in [0.1, 0.15) is 0 Å². The number of nitrogens with zero attached hydrogens (tertiary/aromatic N) is 3. The molecular weight excluding hydrogens is 302 g/mol. The molecule has 8 nitrogen and oxygen atoms in total. The second kappa shape index (κ2) is 6.22. The minimum atomic E-state index is -0.701. The van der Waals surface area contributed by atoms with Crippen LogP contribution in [0.25, 0.3) is 0 Å². The van der Waals surface area contributed by atoms with Crippen molar-refractivity contribution in [2.24, 2.45) is 4.99 Å². The molecule has 2 rings (SSSR count). The molecule has 118 valence electrons. The maximum absolute atomic E-state index is 11.0. The molecule has 0 atom stereocenters. The summed E-state index contributed by atoms with van der Waals surface area (Å²) in [5.41, 5.74) is 1.59. The summed E-state index contributed by atoms with van der Waals surface area (Å²) >= 11 is 0. The van der Waals surface area contributed by atoms with Crippen LogP contribution >= 0.6 is 0 Å². The Labute approximate surface area is 131 Å². The first kappa shape index (κ1) is 16.1. The highest BCUT2D eigenvalue weighted by Crippen LogP contribution is 2.29. The molecule has 0 radical (unpaired) electrons. The van der Waals surface area contributed by atoms with Crippen molar-refractivity contribution in [3.63, 3.8) is 0 Å². The molecule has 2 aromatic carbocycles. The third-order valence-corrected chi connectivity index (χ3v) is 3.38. The van der Waals surface area contributed by atoms with Gasteiger partial charge in [-0.3, -0.25) is 25.2 Å². The number of aromatic hydroxyl groups is 1. The summed E-state index contributed by atoms with van der Waals surface area (Å²) in [4.78, 5) is 24.7. The molecular formula is C15H13N3O5. The predicted molar refractivity (Wildman–Crippen MR) is 84.6 cm³/mol. The maximum Gasteiger partial charge on any atom is 0.311 e. The van der Waals surface area contributed by atoms with Gasteiger partial charge in [0.2, 0.25) is 0 Å². The fourth-order valence-corrected chi connectivity index (χ4v) is 2.00. The van der Waals surface area contributed by atoms with Gasteiger partial charge in [-0.1, -0.05) is 0 Å². The summed E-state index contributed by atoms with van der Waals surface area (Å²) in [6, 6.07) is 6.86. The number of phenols is 1. The van der Waals surface area contributed by atoms with Crippen molar-refractivity contribution in [1.29, 1.82) is 0 Å². The molecule has 0 heterocycles. The van der Waals surface area contributed by atoms with Gasteiger partial charge in [-0.2, -0.15) is 0 Å². The normalized spacial score (nSPS) is 10.9. The van der Waals surface area contributed by atoms with E-state index in [2.05, 4.69) is 4.99 Å². The third-order valence-electron chi connectivity index (χ3n) is 3.38. The lowest BCUT2D eigenvalue weighted by Gasteiger charge is -2.03. The summed E-state index contributed by atoms with van der Waals surface area (Å²) in [6.07, 6.45) is 1.35. The monoisotopic (exact) mass is 315 g/mol. The van der Waals surface area contributed by atoms with Crippen LogP contribution in [0.15, 0.2) is 35.3 Å². The highest BCUT2D eigenvalue weighted by molar-refractivity contribution is 5.84. The molecule has 0 fully saturated rings. The van der Waals surface area contributed by atoms with E-state index in [1.165, 1.54) is 30.5 Å². The predicted octanol–water partition coefficient (Wildman–Crippen LogP) is 3.58. The number of phenolic OH excluding ortho intramolecular Hbond substituents is 1. The molecule has 0 bridgehead atoms. The summed E-state index contributed by atoms with van der Waals surface area (Å²) in [6.45, 7) is 3.40. The van der Waals surface area contributed by atoms with Crippen LogP contribution in [-0.2, 0) is 0 Å². The smallest absolute Gasteiger partial charge is 0.311 e. The average molecular weight is 315 g/mol. The van der Waals surface area contributed by atoms with Gasteiger partial charge >= 0.3 is 5.69 Å². The van der Waals surface area contributed by atoms with Crippen LogP contribution in [-0.4, -0.2) is 21.2 Å². The van der Waals surface area contributed by atoms with E-state index in [1.54, 1.807) is 19.9 Å². The van der Waals surface area contributed by atoms with Crippen LogP contribution in [0.4, 0.5) is 17.1 Å². The molecule has 8 heteroatoms. The molecule has 0 aliphatic rings. The van der Waals surface area contributed by atoms with Gasteiger partial charge in [0, 0.05) is 23.9 Å². The van der Waals surface area contributed by atoms with Gasteiger partial charge in [-0.05, 0) is 43.2 Å². The average Bonchev–Trinajstić information content (AvgIpc) is 2.48.